The van der Waals surface area contributed by atoms with E-state index in [0.29, 0.717) is 12.6 Å². The Hall–Kier alpha value is -1.22. The molecule has 2 rings (SSSR count). The first kappa shape index (κ1) is 24.8. The highest BCUT2D eigenvalue weighted by Gasteiger charge is 2.32. The highest BCUT2D eigenvalue weighted by molar-refractivity contribution is 14.0. The highest BCUT2D eigenvalue weighted by atomic mass is 127. The molecule has 160 valence electrons. The molecule has 0 heterocycles. The molecule has 1 aliphatic carbocycles. The third kappa shape index (κ3) is 8.03. The van der Waals surface area contributed by atoms with Crippen molar-refractivity contribution in [3.63, 3.8) is 0 Å². The Bertz CT molecular complexity index is 604. The normalized spacial score (nSPS) is 15.0. The van der Waals surface area contributed by atoms with Crippen molar-refractivity contribution in [2.45, 2.75) is 38.6 Å². The molecule has 6 nitrogen and oxygen atoms in total. The van der Waals surface area contributed by atoms with Gasteiger partial charge < -0.3 is 25.0 Å². The summed E-state index contributed by atoms with van der Waals surface area (Å²) in [5, 5.41) is 6.89. The number of likely N-dealkylation sites (N-methyl/N-ethyl adjacent to an activating group) is 1. The molecule has 7 heteroatoms. The molecule has 0 bridgehead atoms. The molecule has 1 saturated carbocycles. The van der Waals surface area contributed by atoms with Crippen LogP contribution in [0.25, 0.3) is 0 Å². The summed E-state index contributed by atoms with van der Waals surface area (Å²) in [5.41, 5.74) is 1.26. The van der Waals surface area contributed by atoms with Gasteiger partial charge in [0.25, 0.3) is 0 Å². The number of benzene rings is 1. The van der Waals surface area contributed by atoms with E-state index in [1.165, 1.54) is 18.4 Å². The zero-order valence-electron chi connectivity index (χ0n) is 18.0. The Kier molecular flexibility index (Phi) is 11.6. The van der Waals surface area contributed by atoms with Crippen LogP contribution < -0.4 is 20.1 Å². The summed E-state index contributed by atoms with van der Waals surface area (Å²) in [6.45, 7) is 4.44. The van der Waals surface area contributed by atoms with Crippen LogP contribution in [0, 0.1) is 5.92 Å². The summed E-state index contributed by atoms with van der Waals surface area (Å²) in [6, 6.07) is 6.74. The average Bonchev–Trinajstić information content (AvgIpc) is 3.49. The number of ether oxygens (including phenoxy) is 2. The molecule has 0 aliphatic heterocycles. The van der Waals surface area contributed by atoms with Crippen LogP contribution in [0.15, 0.2) is 23.2 Å². The number of nitrogens with one attached hydrogen (secondary N) is 2. The van der Waals surface area contributed by atoms with Crippen molar-refractivity contribution in [3.8, 4) is 11.5 Å². The summed E-state index contributed by atoms with van der Waals surface area (Å²) in [5.74, 6) is 3.32. The standard InChI is InChI=1S/C21H36N4O2.HI/c1-6-27-20-14-16(9-12-19(20)26-5)8-7-13-23-21(22-2)24-15-18(25(3)4)17-10-11-17;/h9,12,14,17-18H,6-8,10-11,13,15H2,1-5H3,(H2,22,23,24);1H. The van der Waals surface area contributed by atoms with Gasteiger partial charge in [-0.25, -0.2) is 0 Å². The molecule has 0 amide bonds. The van der Waals surface area contributed by atoms with E-state index in [0.717, 1.165) is 49.3 Å². The summed E-state index contributed by atoms with van der Waals surface area (Å²) in [7, 11) is 7.82. The van der Waals surface area contributed by atoms with Gasteiger partial charge in [0.05, 0.1) is 13.7 Å². The minimum Gasteiger partial charge on any atom is -0.493 e. The van der Waals surface area contributed by atoms with Gasteiger partial charge in [0.2, 0.25) is 0 Å². The van der Waals surface area contributed by atoms with Crippen LogP contribution in [-0.2, 0) is 6.42 Å². The molecule has 1 aliphatic rings. The second kappa shape index (κ2) is 13.1. The SMILES string of the molecule is CCOc1cc(CCCNC(=NC)NCC(C2CC2)N(C)C)ccc1OC.I. The molecule has 28 heavy (non-hydrogen) atoms. The summed E-state index contributed by atoms with van der Waals surface area (Å²) < 4.78 is 11.0. The Morgan fingerprint density at radius 2 is 2.00 bits per heavy atom. The summed E-state index contributed by atoms with van der Waals surface area (Å²) >= 11 is 0. The average molecular weight is 504 g/mol. The van der Waals surface area contributed by atoms with Crippen LogP contribution in [0.3, 0.4) is 0 Å². The lowest BCUT2D eigenvalue weighted by Crippen LogP contribution is -2.46. The van der Waals surface area contributed by atoms with Crippen LogP contribution in [0.1, 0.15) is 31.7 Å². The Balaban J connectivity index is 0.00000392. The number of nitrogens with zero attached hydrogens (tertiary/aromatic N) is 2. The van der Waals surface area contributed by atoms with E-state index in [-0.39, 0.29) is 24.0 Å². The number of hydrogen-bond acceptors (Lipinski definition) is 4. The molecule has 1 fully saturated rings. The fourth-order valence-corrected chi connectivity index (χ4v) is 3.32. The van der Waals surface area contributed by atoms with Crippen molar-refractivity contribution in [1.82, 2.24) is 15.5 Å². The first-order chi connectivity index (χ1) is 13.1. The van der Waals surface area contributed by atoms with Crippen molar-refractivity contribution >= 4 is 29.9 Å². The molecular formula is C21H37IN4O2. The zero-order valence-corrected chi connectivity index (χ0v) is 20.3. The number of rotatable bonds is 11. The minimum absolute atomic E-state index is 0. The molecule has 0 radical (unpaired) electrons. The third-order valence-electron chi connectivity index (χ3n) is 4.99. The second-order valence-electron chi connectivity index (χ2n) is 7.27. The lowest BCUT2D eigenvalue weighted by Gasteiger charge is -2.25. The fourth-order valence-electron chi connectivity index (χ4n) is 3.32. The molecule has 1 aromatic rings. The quantitative estimate of drug-likeness (QED) is 0.210. The largest absolute Gasteiger partial charge is 0.493 e. The van der Waals surface area contributed by atoms with E-state index >= 15 is 0 Å². The number of halogens is 1. The molecule has 0 spiro atoms. The number of aryl methyl sites for hydroxylation is 1. The molecule has 0 saturated heterocycles. The first-order valence-corrected chi connectivity index (χ1v) is 9.99. The Morgan fingerprint density at radius 1 is 1.25 bits per heavy atom. The summed E-state index contributed by atoms with van der Waals surface area (Å²) in [6.07, 6.45) is 4.71. The topological polar surface area (TPSA) is 58.1 Å². The van der Waals surface area contributed by atoms with E-state index < -0.39 is 0 Å². The maximum absolute atomic E-state index is 5.65. The second-order valence-corrected chi connectivity index (χ2v) is 7.27. The van der Waals surface area contributed by atoms with E-state index in [1.54, 1.807) is 7.11 Å². The van der Waals surface area contributed by atoms with Crippen molar-refractivity contribution in [1.29, 1.82) is 0 Å². The Morgan fingerprint density at radius 3 is 2.57 bits per heavy atom. The van der Waals surface area contributed by atoms with E-state index in [9.17, 15) is 0 Å². The number of aliphatic imine (C=N–C) groups is 1. The molecule has 1 unspecified atom stereocenters. The molecule has 0 aromatic heterocycles. The Labute approximate surface area is 187 Å². The minimum atomic E-state index is 0. The van der Waals surface area contributed by atoms with Crippen molar-refractivity contribution in [2.75, 3.05) is 47.9 Å². The lowest BCUT2D eigenvalue weighted by molar-refractivity contribution is 0.264. The van der Waals surface area contributed by atoms with Crippen molar-refractivity contribution < 1.29 is 9.47 Å². The predicted octanol–water partition coefficient (Wildman–Crippen LogP) is 3.15. The number of methoxy groups -OCH3 is 1. The van der Waals surface area contributed by atoms with Gasteiger partial charge in [-0.05, 0) is 70.3 Å². The highest BCUT2D eigenvalue weighted by Crippen LogP contribution is 2.34. The number of guanidine groups is 1. The maximum atomic E-state index is 5.65. The van der Waals surface area contributed by atoms with Crippen molar-refractivity contribution in [2.24, 2.45) is 10.9 Å². The van der Waals surface area contributed by atoms with E-state index in [2.05, 4.69) is 46.8 Å². The first-order valence-electron chi connectivity index (χ1n) is 9.99. The molecular weight excluding hydrogens is 467 g/mol. The monoisotopic (exact) mass is 504 g/mol. The van der Waals surface area contributed by atoms with Gasteiger partial charge in [0.15, 0.2) is 17.5 Å². The third-order valence-corrected chi connectivity index (χ3v) is 4.99. The predicted molar refractivity (Wildman–Crippen MR) is 127 cm³/mol. The van der Waals surface area contributed by atoms with Crippen LogP contribution >= 0.6 is 24.0 Å². The van der Waals surface area contributed by atoms with Gasteiger partial charge in [-0.1, -0.05) is 6.07 Å². The van der Waals surface area contributed by atoms with Crippen LogP contribution in [0.2, 0.25) is 0 Å². The van der Waals surface area contributed by atoms with Crippen LogP contribution in [0.4, 0.5) is 0 Å². The smallest absolute Gasteiger partial charge is 0.191 e. The maximum Gasteiger partial charge on any atom is 0.191 e. The van der Waals surface area contributed by atoms with Crippen molar-refractivity contribution in [3.05, 3.63) is 23.8 Å². The molecule has 1 atom stereocenters. The fraction of sp³-hybridized carbons (Fsp3) is 0.667. The lowest BCUT2D eigenvalue weighted by atomic mass is 10.1. The van der Waals surface area contributed by atoms with E-state index in [1.807, 2.05) is 20.0 Å². The van der Waals surface area contributed by atoms with Gasteiger partial charge >= 0.3 is 0 Å². The van der Waals surface area contributed by atoms with Crippen LogP contribution in [0.5, 0.6) is 11.5 Å². The van der Waals surface area contributed by atoms with Gasteiger partial charge in [-0.3, -0.25) is 4.99 Å². The van der Waals surface area contributed by atoms with E-state index in [4.69, 9.17) is 9.47 Å². The van der Waals surface area contributed by atoms with Crippen LogP contribution in [-0.4, -0.2) is 64.9 Å². The van der Waals surface area contributed by atoms with Gasteiger partial charge in [0, 0.05) is 26.2 Å². The van der Waals surface area contributed by atoms with Gasteiger partial charge in [0.1, 0.15) is 0 Å². The van der Waals surface area contributed by atoms with Gasteiger partial charge in [-0.15, -0.1) is 24.0 Å². The number of hydrogen-bond donors (Lipinski definition) is 2. The summed E-state index contributed by atoms with van der Waals surface area (Å²) in [4.78, 5) is 6.66. The van der Waals surface area contributed by atoms with Gasteiger partial charge in [-0.2, -0.15) is 0 Å². The zero-order chi connectivity index (χ0) is 19.6. The molecule has 2 N–H and O–H groups in total. The molecule has 1 aromatic carbocycles.